The van der Waals surface area contributed by atoms with E-state index in [0.717, 1.165) is 21.8 Å². The van der Waals surface area contributed by atoms with Crippen molar-refractivity contribution in [1.82, 2.24) is 4.90 Å². The number of carbonyl (C=O) groups excluding carboxylic acids is 2. The van der Waals surface area contributed by atoms with E-state index in [1.165, 1.54) is 4.90 Å². The molecule has 2 aliphatic heterocycles. The molecule has 1 fully saturated rings. The molecule has 0 aliphatic carbocycles. The maximum absolute atomic E-state index is 12.3. The fourth-order valence-electron chi connectivity index (χ4n) is 2.11. The number of amides is 2. The maximum atomic E-state index is 12.3. The van der Waals surface area contributed by atoms with Crippen LogP contribution in [0.25, 0.3) is 6.08 Å². The number of thioether (sulfide) groups is 1. The fraction of sp³-hybridized carbons (Fsp3) is 0.286. The van der Waals surface area contributed by atoms with Crippen LogP contribution in [0.2, 0.25) is 0 Å². The molecule has 1 aromatic carbocycles. The van der Waals surface area contributed by atoms with Crippen LogP contribution in [0.5, 0.6) is 11.5 Å². The zero-order chi connectivity index (χ0) is 15.1. The summed E-state index contributed by atoms with van der Waals surface area (Å²) in [4.78, 5) is 25.8. The Labute approximate surface area is 134 Å². The summed E-state index contributed by atoms with van der Waals surface area (Å²) >= 11 is 4.39. The summed E-state index contributed by atoms with van der Waals surface area (Å²) < 4.78 is 11.4. The van der Waals surface area contributed by atoms with Gasteiger partial charge in [-0.25, -0.2) is 0 Å². The fourth-order valence-corrected chi connectivity index (χ4v) is 3.50. The number of fused-ring (bicyclic) bond motifs is 1. The quantitative estimate of drug-likeness (QED) is 0.745. The molecule has 0 N–H and O–H groups in total. The third kappa shape index (κ3) is 2.55. The summed E-state index contributed by atoms with van der Waals surface area (Å²) in [5.41, 5.74) is 0.772. The van der Waals surface area contributed by atoms with Gasteiger partial charge in [-0.15, -0.1) is 0 Å². The minimum atomic E-state index is -0.260. The molecule has 0 unspecified atom stereocenters. The number of carbonyl (C=O) groups is 2. The molecule has 2 aliphatic rings. The van der Waals surface area contributed by atoms with Crippen molar-refractivity contribution in [2.45, 2.75) is 19.9 Å². The van der Waals surface area contributed by atoms with Gasteiger partial charge in [-0.05, 0) is 49.4 Å². The Morgan fingerprint density at radius 1 is 1.29 bits per heavy atom. The SMILES string of the molecule is CC(C)N1C(=O)S/C(=C\c2cc3c(cc2Br)OCO3)C1=O. The van der Waals surface area contributed by atoms with Gasteiger partial charge in [-0.2, -0.15) is 0 Å². The summed E-state index contributed by atoms with van der Waals surface area (Å²) in [5, 5.41) is -0.238. The first-order valence-corrected chi connectivity index (χ1v) is 7.94. The van der Waals surface area contributed by atoms with Crippen LogP contribution in [-0.2, 0) is 4.79 Å². The van der Waals surface area contributed by atoms with Gasteiger partial charge in [0, 0.05) is 10.5 Å². The molecule has 3 rings (SSSR count). The van der Waals surface area contributed by atoms with Crippen LogP contribution in [0.4, 0.5) is 4.79 Å². The third-order valence-corrected chi connectivity index (χ3v) is 4.69. The molecular formula is C14H12BrNO4S. The van der Waals surface area contributed by atoms with E-state index in [2.05, 4.69) is 15.9 Å². The molecule has 2 heterocycles. The van der Waals surface area contributed by atoms with Crippen LogP contribution in [0.15, 0.2) is 21.5 Å². The van der Waals surface area contributed by atoms with Crippen molar-refractivity contribution in [1.29, 1.82) is 0 Å². The van der Waals surface area contributed by atoms with Crippen LogP contribution < -0.4 is 9.47 Å². The molecule has 0 radical (unpaired) electrons. The first-order valence-electron chi connectivity index (χ1n) is 6.33. The lowest BCUT2D eigenvalue weighted by molar-refractivity contribution is -0.123. The number of ether oxygens (including phenoxy) is 2. The summed E-state index contributed by atoms with van der Waals surface area (Å²) in [7, 11) is 0. The number of benzene rings is 1. The zero-order valence-corrected chi connectivity index (χ0v) is 13.8. The Balaban J connectivity index is 1.96. The van der Waals surface area contributed by atoms with Crippen LogP contribution in [-0.4, -0.2) is 28.9 Å². The highest BCUT2D eigenvalue weighted by atomic mass is 79.9. The lowest BCUT2D eigenvalue weighted by Crippen LogP contribution is -2.34. The lowest BCUT2D eigenvalue weighted by Gasteiger charge is -2.16. The van der Waals surface area contributed by atoms with E-state index in [9.17, 15) is 9.59 Å². The van der Waals surface area contributed by atoms with Crippen LogP contribution in [0, 0.1) is 0 Å². The predicted molar refractivity (Wildman–Crippen MR) is 83.2 cm³/mol. The molecule has 5 nitrogen and oxygen atoms in total. The minimum Gasteiger partial charge on any atom is -0.454 e. The summed E-state index contributed by atoms with van der Waals surface area (Å²) in [6, 6.07) is 3.43. The lowest BCUT2D eigenvalue weighted by atomic mass is 10.2. The number of imide groups is 1. The normalized spacial score (nSPS) is 19.2. The Hall–Kier alpha value is -1.47. The first kappa shape index (κ1) is 14.5. The van der Waals surface area contributed by atoms with Gasteiger partial charge in [-0.3, -0.25) is 14.5 Å². The molecule has 2 amide bonds. The van der Waals surface area contributed by atoms with Gasteiger partial charge in [0.15, 0.2) is 11.5 Å². The third-order valence-electron chi connectivity index (χ3n) is 3.12. The van der Waals surface area contributed by atoms with E-state index in [-0.39, 0.29) is 24.0 Å². The second-order valence-electron chi connectivity index (χ2n) is 4.87. The first-order chi connectivity index (χ1) is 9.97. The molecular weight excluding hydrogens is 358 g/mol. The van der Waals surface area contributed by atoms with Gasteiger partial charge < -0.3 is 9.47 Å². The van der Waals surface area contributed by atoms with E-state index in [1.807, 2.05) is 13.8 Å². The number of hydrogen-bond donors (Lipinski definition) is 0. The summed E-state index contributed by atoms with van der Waals surface area (Å²) in [6.45, 7) is 3.82. The molecule has 7 heteroatoms. The van der Waals surface area contributed by atoms with Crippen molar-refractivity contribution in [3.63, 3.8) is 0 Å². The molecule has 1 saturated heterocycles. The highest BCUT2D eigenvalue weighted by Crippen LogP contribution is 2.40. The Morgan fingerprint density at radius 3 is 2.57 bits per heavy atom. The second kappa shape index (κ2) is 5.38. The Morgan fingerprint density at radius 2 is 1.95 bits per heavy atom. The highest BCUT2D eigenvalue weighted by molar-refractivity contribution is 9.10. The van der Waals surface area contributed by atoms with Gasteiger partial charge in [0.05, 0.1) is 4.91 Å². The minimum absolute atomic E-state index is 0.149. The van der Waals surface area contributed by atoms with Gasteiger partial charge in [0.1, 0.15) is 0 Å². The number of rotatable bonds is 2. The van der Waals surface area contributed by atoms with Crippen molar-refractivity contribution in [2.75, 3.05) is 6.79 Å². The summed E-state index contributed by atoms with van der Waals surface area (Å²) in [5.74, 6) is 1.03. The average molecular weight is 370 g/mol. The topological polar surface area (TPSA) is 55.8 Å². The number of halogens is 1. The summed E-state index contributed by atoms with van der Waals surface area (Å²) in [6.07, 6.45) is 1.69. The molecule has 0 atom stereocenters. The predicted octanol–water partition coefficient (Wildman–Crippen LogP) is 3.62. The van der Waals surface area contributed by atoms with Gasteiger partial charge in [0.25, 0.3) is 11.1 Å². The average Bonchev–Trinajstić information content (AvgIpc) is 2.94. The molecule has 0 bridgehead atoms. The van der Waals surface area contributed by atoms with E-state index in [0.29, 0.717) is 16.4 Å². The standard InChI is InChI=1S/C14H12BrNO4S/c1-7(2)16-13(17)12(21-14(16)18)4-8-3-10-11(5-9(8)15)20-6-19-10/h3-5,7H,6H2,1-2H3/b12-4-. The van der Waals surface area contributed by atoms with Crippen molar-refractivity contribution >= 4 is 44.9 Å². The zero-order valence-electron chi connectivity index (χ0n) is 11.4. The van der Waals surface area contributed by atoms with Gasteiger partial charge in [-0.1, -0.05) is 15.9 Å². The number of hydrogen-bond acceptors (Lipinski definition) is 5. The molecule has 1 aromatic rings. The van der Waals surface area contributed by atoms with E-state index < -0.39 is 0 Å². The highest BCUT2D eigenvalue weighted by Gasteiger charge is 2.36. The monoisotopic (exact) mass is 369 g/mol. The van der Waals surface area contributed by atoms with E-state index in [4.69, 9.17) is 9.47 Å². The van der Waals surface area contributed by atoms with Crippen molar-refractivity contribution < 1.29 is 19.1 Å². The molecule has 21 heavy (non-hydrogen) atoms. The van der Waals surface area contributed by atoms with Crippen molar-refractivity contribution in [3.8, 4) is 11.5 Å². The Bertz CT molecular complexity index is 671. The smallest absolute Gasteiger partial charge is 0.293 e. The van der Waals surface area contributed by atoms with Crippen molar-refractivity contribution in [2.24, 2.45) is 0 Å². The van der Waals surface area contributed by atoms with E-state index in [1.54, 1.807) is 18.2 Å². The van der Waals surface area contributed by atoms with Gasteiger partial charge in [0.2, 0.25) is 6.79 Å². The molecule has 0 spiro atoms. The van der Waals surface area contributed by atoms with Crippen LogP contribution in [0.3, 0.4) is 0 Å². The number of nitrogens with zero attached hydrogens (tertiary/aromatic N) is 1. The Kier molecular flexibility index (Phi) is 3.71. The maximum Gasteiger partial charge on any atom is 0.293 e. The molecule has 0 saturated carbocycles. The van der Waals surface area contributed by atoms with E-state index >= 15 is 0 Å². The van der Waals surface area contributed by atoms with Crippen LogP contribution in [0.1, 0.15) is 19.4 Å². The van der Waals surface area contributed by atoms with Crippen molar-refractivity contribution in [3.05, 3.63) is 27.1 Å². The van der Waals surface area contributed by atoms with Crippen LogP contribution >= 0.6 is 27.7 Å². The largest absolute Gasteiger partial charge is 0.454 e. The van der Waals surface area contributed by atoms with Gasteiger partial charge >= 0.3 is 0 Å². The molecule has 0 aromatic heterocycles. The second-order valence-corrected chi connectivity index (χ2v) is 6.72. The molecule has 110 valence electrons.